The van der Waals surface area contributed by atoms with Crippen molar-refractivity contribution in [2.75, 3.05) is 0 Å². The van der Waals surface area contributed by atoms with Gasteiger partial charge in [0.1, 0.15) is 0 Å². The molecule has 0 atom stereocenters. The number of rotatable bonds is 5. The lowest BCUT2D eigenvalue weighted by Crippen LogP contribution is -2.22. The van der Waals surface area contributed by atoms with E-state index in [1.165, 1.54) is 11.8 Å². The summed E-state index contributed by atoms with van der Waals surface area (Å²) in [7, 11) is 0. The summed E-state index contributed by atoms with van der Waals surface area (Å²) >= 11 is 1.61. The highest BCUT2D eigenvalue weighted by molar-refractivity contribution is 7.09. The molecule has 5 heteroatoms. The van der Waals surface area contributed by atoms with Crippen molar-refractivity contribution in [3.63, 3.8) is 0 Å². The Balaban J connectivity index is 1.57. The molecule has 3 rings (SSSR count). The molecule has 2 heterocycles. The number of nitrogens with zero attached hydrogens (tertiary/aromatic N) is 1. The monoisotopic (exact) mass is 298 g/mol. The van der Waals surface area contributed by atoms with Crippen LogP contribution in [0.25, 0.3) is 0 Å². The number of aromatic nitrogens is 1. The molecule has 1 aromatic carbocycles. The van der Waals surface area contributed by atoms with E-state index in [1.54, 1.807) is 23.5 Å². The summed E-state index contributed by atoms with van der Waals surface area (Å²) in [5.41, 5.74) is 2.10. The first-order valence-electron chi connectivity index (χ1n) is 6.60. The van der Waals surface area contributed by atoms with Crippen LogP contribution in [0.2, 0.25) is 0 Å². The molecule has 0 unspecified atom stereocenters. The van der Waals surface area contributed by atoms with Crippen LogP contribution in [0.5, 0.6) is 0 Å². The average molecular weight is 298 g/mol. The Morgan fingerprint density at radius 3 is 2.81 bits per heavy atom. The predicted molar refractivity (Wildman–Crippen MR) is 81.2 cm³/mol. The molecule has 0 aliphatic rings. The van der Waals surface area contributed by atoms with E-state index in [4.69, 9.17) is 4.42 Å². The molecule has 3 aromatic rings. The van der Waals surface area contributed by atoms with Gasteiger partial charge in [0.25, 0.3) is 5.91 Å². The van der Waals surface area contributed by atoms with Crippen molar-refractivity contribution >= 4 is 17.2 Å². The van der Waals surface area contributed by atoms with Gasteiger partial charge in [-0.1, -0.05) is 30.3 Å². The van der Waals surface area contributed by atoms with E-state index in [9.17, 15) is 4.79 Å². The van der Waals surface area contributed by atoms with E-state index in [0.29, 0.717) is 12.3 Å². The summed E-state index contributed by atoms with van der Waals surface area (Å²) in [4.78, 5) is 16.3. The van der Waals surface area contributed by atoms with E-state index in [0.717, 1.165) is 17.1 Å². The van der Waals surface area contributed by atoms with Crippen molar-refractivity contribution in [1.29, 1.82) is 0 Å². The fraction of sp³-hybridized carbons (Fsp3) is 0.125. The van der Waals surface area contributed by atoms with Crippen molar-refractivity contribution in [2.45, 2.75) is 13.0 Å². The minimum absolute atomic E-state index is 0.224. The van der Waals surface area contributed by atoms with Gasteiger partial charge in [-0.15, -0.1) is 11.3 Å². The third-order valence-electron chi connectivity index (χ3n) is 2.97. The van der Waals surface area contributed by atoms with Crippen molar-refractivity contribution in [3.05, 3.63) is 76.1 Å². The largest absolute Gasteiger partial charge is 0.459 e. The molecule has 0 aliphatic carbocycles. The van der Waals surface area contributed by atoms with Gasteiger partial charge in [0.2, 0.25) is 0 Å². The van der Waals surface area contributed by atoms with E-state index >= 15 is 0 Å². The lowest BCUT2D eigenvalue weighted by Gasteiger charge is -2.00. The summed E-state index contributed by atoms with van der Waals surface area (Å²) in [5.74, 6) is 0.0901. The van der Waals surface area contributed by atoms with Crippen LogP contribution < -0.4 is 5.32 Å². The number of hydrogen-bond acceptors (Lipinski definition) is 4. The number of thiazole rings is 1. The van der Waals surface area contributed by atoms with E-state index < -0.39 is 0 Å². The van der Waals surface area contributed by atoms with Crippen LogP contribution in [0.15, 0.2) is 58.5 Å². The molecular weight excluding hydrogens is 284 g/mol. The molecule has 0 radical (unpaired) electrons. The molecular formula is C16H14N2O2S. The Hall–Kier alpha value is -2.40. The SMILES string of the molecule is O=C(NCc1csc(Cc2ccccc2)n1)c1ccco1. The zero-order valence-corrected chi connectivity index (χ0v) is 12.1. The zero-order valence-electron chi connectivity index (χ0n) is 11.3. The van der Waals surface area contributed by atoms with Gasteiger partial charge in [0.05, 0.1) is 23.5 Å². The van der Waals surface area contributed by atoms with Crippen molar-refractivity contribution in [2.24, 2.45) is 0 Å². The second kappa shape index (κ2) is 6.37. The number of nitrogens with one attached hydrogen (secondary N) is 1. The number of hydrogen-bond donors (Lipinski definition) is 1. The van der Waals surface area contributed by atoms with Crippen LogP contribution in [0.1, 0.15) is 26.8 Å². The first-order valence-corrected chi connectivity index (χ1v) is 7.48. The highest BCUT2D eigenvalue weighted by Gasteiger charge is 2.09. The smallest absolute Gasteiger partial charge is 0.287 e. The number of carbonyl (C=O) groups excluding carboxylic acids is 1. The quantitative estimate of drug-likeness (QED) is 0.786. The molecule has 106 valence electrons. The van der Waals surface area contributed by atoms with Gasteiger partial charge in [0, 0.05) is 11.8 Å². The fourth-order valence-corrected chi connectivity index (χ4v) is 2.78. The van der Waals surface area contributed by atoms with Crippen LogP contribution in [0.4, 0.5) is 0 Å². The first kappa shape index (κ1) is 13.6. The number of carbonyl (C=O) groups is 1. The van der Waals surface area contributed by atoms with Crippen LogP contribution in [0, 0.1) is 0 Å². The lowest BCUT2D eigenvalue weighted by molar-refractivity contribution is 0.0922. The average Bonchev–Trinajstić information content (AvgIpc) is 3.17. The molecule has 0 bridgehead atoms. The Bertz CT molecular complexity index is 705. The Labute approximate surface area is 126 Å². The highest BCUT2D eigenvalue weighted by Crippen LogP contribution is 2.14. The van der Waals surface area contributed by atoms with E-state index in [-0.39, 0.29) is 5.91 Å². The number of benzene rings is 1. The molecule has 1 amide bonds. The predicted octanol–water partition coefficient (Wildman–Crippen LogP) is 3.26. The second-order valence-electron chi connectivity index (χ2n) is 4.55. The summed E-state index contributed by atoms with van der Waals surface area (Å²) in [5, 5.41) is 5.81. The third-order valence-corrected chi connectivity index (χ3v) is 3.87. The Kier molecular flexibility index (Phi) is 4.12. The maximum atomic E-state index is 11.7. The fourth-order valence-electron chi connectivity index (χ4n) is 1.95. The van der Waals surface area contributed by atoms with Gasteiger partial charge in [-0.25, -0.2) is 4.98 Å². The van der Waals surface area contributed by atoms with Gasteiger partial charge >= 0.3 is 0 Å². The van der Waals surface area contributed by atoms with Crippen molar-refractivity contribution in [3.8, 4) is 0 Å². The van der Waals surface area contributed by atoms with E-state index in [1.807, 2.05) is 23.6 Å². The van der Waals surface area contributed by atoms with Gasteiger partial charge in [-0.3, -0.25) is 4.79 Å². The minimum atomic E-state index is -0.224. The minimum Gasteiger partial charge on any atom is -0.459 e. The van der Waals surface area contributed by atoms with Gasteiger partial charge in [0.15, 0.2) is 5.76 Å². The normalized spacial score (nSPS) is 10.5. The maximum absolute atomic E-state index is 11.7. The third kappa shape index (κ3) is 3.58. The summed E-state index contributed by atoms with van der Waals surface area (Å²) < 4.78 is 5.04. The molecule has 0 fully saturated rings. The Morgan fingerprint density at radius 2 is 2.05 bits per heavy atom. The van der Waals surface area contributed by atoms with Crippen LogP contribution in [-0.4, -0.2) is 10.9 Å². The second-order valence-corrected chi connectivity index (χ2v) is 5.50. The standard InChI is InChI=1S/C16H14N2O2S/c19-16(14-7-4-8-20-14)17-10-13-11-21-15(18-13)9-12-5-2-1-3-6-12/h1-8,11H,9-10H2,(H,17,19). The van der Waals surface area contributed by atoms with Crippen LogP contribution in [-0.2, 0) is 13.0 Å². The molecule has 21 heavy (non-hydrogen) atoms. The number of amides is 1. The highest BCUT2D eigenvalue weighted by atomic mass is 32.1. The summed E-state index contributed by atoms with van der Waals surface area (Å²) in [6.07, 6.45) is 2.30. The molecule has 0 spiro atoms. The van der Waals surface area contributed by atoms with Gasteiger partial charge in [-0.2, -0.15) is 0 Å². The summed E-state index contributed by atoms with van der Waals surface area (Å²) in [6.45, 7) is 0.408. The maximum Gasteiger partial charge on any atom is 0.287 e. The van der Waals surface area contributed by atoms with Crippen molar-refractivity contribution in [1.82, 2.24) is 10.3 Å². The Morgan fingerprint density at radius 1 is 1.19 bits per heavy atom. The molecule has 0 aliphatic heterocycles. The van der Waals surface area contributed by atoms with E-state index in [2.05, 4.69) is 22.4 Å². The topological polar surface area (TPSA) is 55.1 Å². The summed E-state index contributed by atoms with van der Waals surface area (Å²) in [6, 6.07) is 13.5. The molecule has 0 saturated heterocycles. The van der Waals surface area contributed by atoms with Gasteiger partial charge in [-0.05, 0) is 17.7 Å². The van der Waals surface area contributed by atoms with Crippen LogP contribution in [0.3, 0.4) is 0 Å². The lowest BCUT2D eigenvalue weighted by atomic mass is 10.2. The van der Waals surface area contributed by atoms with Crippen molar-refractivity contribution < 1.29 is 9.21 Å². The number of furan rings is 1. The molecule has 0 saturated carbocycles. The first-order chi connectivity index (χ1) is 10.3. The zero-order chi connectivity index (χ0) is 14.5. The molecule has 1 N–H and O–H groups in total. The molecule has 2 aromatic heterocycles. The van der Waals surface area contributed by atoms with Gasteiger partial charge < -0.3 is 9.73 Å². The van der Waals surface area contributed by atoms with Crippen LogP contribution >= 0.6 is 11.3 Å². The molecule has 4 nitrogen and oxygen atoms in total.